The molecule has 1 aliphatic rings. The van der Waals surface area contributed by atoms with Gasteiger partial charge in [-0.1, -0.05) is 23.7 Å². The Bertz CT molecular complexity index is 585. The number of thiophene rings is 1. The number of hydrogen-bond acceptors (Lipinski definition) is 4. The Hall–Kier alpha value is -1.23. The highest BCUT2D eigenvalue weighted by Crippen LogP contribution is 2.38. The standard InChI is InChI=1S/C14H14ClNO2S/c15-9-6-10(19-8-9)7-16-12-3-1-2-11-13(17)4-5-18-14(11)12/h1-3,6,8,13,16-17H,4-5,7H2/t13-/m1/s1. The molecule has 0 saturated heterocycles. The molecule has 0 amide bonds. The highest BCUT2D eigenvalue weighted by Gasteiger charge is 2.21. The van der Waals surface area contributed by atoms with E-state index in [1.54, 1.807) is 11.3 Å². The van der Waals surface area contributed by atoms with Gasteiger partial charge in [0.15, 0.2) is 0 Å². The zero-order valence-corrected chi connectivity index (χ0v) is 11.8. The summed E-state index contributed by atoms with van der Waals surface area (Å²) in [5.74, 6) is 0.768. The van der Waals surface area contributed by atoms with Gasteiger partial charge in [0, 0.05) is 28.8 Å². The molecule has 1 aromatic heterocycles. The van der Waals surface area contributed by atoms with E-state index in [4.69, 9.17) is 16.3 Å². The summed E-state index contributed by atoms with van der Waals surface area (Å²) >= 11 is 7.52. The van der Waals surface area contributed by atoms with Gasteiger partial charge in [0.2, 0.25) is 0 Å². The van der Waals surface area contributed by atoms with Gasteiger partial charge in [0.25, 0.3) is 0 Å². The number of fused-ring (bicyclic) bond motifs is 1. The number of benzene rings is 1. The highest BCUT2D eigenvalue weighted by molar-refractivity contribution is 7.10. The molecule has 0 bridgehead atoms. The third kappa shape index (κ3) is 2.71. The lowest BCUT2D eigenvalue weighted by molar-refractivity contribution is 0.116. The van der Waals surface area contributed by atoms with Crippen molar-refractivity contribution in [2.75, 3.05) is 11.9 Å². The van der Waals surface area contributed by atoms with Crippen LogP contribution in [-0.2, 0) is 6.54 Å². The third-order valence-corrected chi connectivity index (χ3v) is 4.40. The molecule has 0 aliphatic carbocycles. The van der Waals surface area contributed by atoms with Crippen LogP contribution in [0.4, 0.5) is 5.69 Å². The summed E-state index contributed by atoms with van der Waals surface area (Å²) in [6, 6.07) is 7.75. The molecule has 5 heteroatoms. The van der Waals surface area contributed by atoms with Crippen LogP contribution < -0.4 is 10.1 Å². The zero-order chi connectivity index (χ0) is 13.2. The molecule has 0 radical (unpaired) electrons. The number of aliphatic hydroxyl groups is 1. The van der Waals surface area contributed by atoms with Gasteiger partial charge in [-0.3, -0.25) is 0 Å². The van der Waals surface area contributed by atoms with E-state index in [1.165, 1.54) is 4.88 Å². The first kappa shape index (κ1) is 12.8. The third-order valence-electron chi connectivity index (χ3n) is 3.12. The molecule has 0 saturated carbocycles. The maximum absolute atomic E-state index is 9.95. The van der Waals surface area contributed by atoms with Crippen molar-refractivity contribution in [3.05, 3.63) is 45.1 Å². The molecular weight excluding hydrogens is 282 g/mol. The first-order chi connectivity index (χ1) is 9.24. The summed E-state index contributed by atoms with van der Waals surface area (Å²) in [6.45, 7) is 1.25. The quantitative estimate of drug-likeness (QED) is 0.904. The molecular formula is C14H14ClNO2S. The van der Waals surface area contributed by atoms with Crippen molar-refractivity contribution in [2.45, 2.75) is 19.1 Å². The first-order valence-electron chi connectivity index (χ1n) is 6.14. The minimum Gasteiger partial charge on any atom is -0.491 e. The topological polar surface area (TPSA) is 41.5 Å². The maximum Gasteiger partial charge on any atom is 0.148 e. The van der Waals surface area contributed by atoms with Gasteiger partial charge in [0.05, 0.1) is 23.4 Å². The van der Waals surface area contributed by atoms with E-state index >= 15 is 0 Å². The zero-order valence-electron chi connectivity index (χ0n) is 10.2. The number of para-hydroxylation sites is 1. The van der Waals surface area contributed by atoms with Crippen molar-refractivity contribution >= 4 is 28.6 Å². The Kier molecular flexibility index (Phi) is 3.64. The van der Waals surface area contributed by atoms with E-state index in [0.717, 1.165) is 22.0 Å². The van der Waals surface area contributed by atoms with Crippen LogP contribution >= 0.6 is 22.9 Å². The molecule has 0 unspecified atom stereocenters. The number of aliphatic hydroxyl groups excluding tert-OH is 1. The molecule has 1 atom stereocenters. The molecule has 3 rings (SSSR count). The molecule has 1 aliphatic heterocycles. The monoisotopic (exact) mass is 295 g/mol. The molecule has 2 heterocycles. The summed E-state index contributed by atoms with van der Waals surface area (Å²) in [7, 11) is 0. The van der Waals surface area contributed by atoms with Crippen LogP contribution in [0.25, 0.3) is 0 Å². The predicted octanol–water partition coefficient (Wildman–Crippen LogP) is 3.83. The van der Waals surface area contributed by atoms with Gasteiger partial charge in [-0.15, -0.1) is 11.3 Å². The minimum absolute atomic E-state index is 0.429. The van der Waals surface area contributed by atoms with Gasteiger partial charge < -0.3 is 15.2 Å². The van der Waals surface area contributed by atoms with E-state index < -0.39 is 6.10 Å². The van der Waals surface area contributed by atoms with E-state index in [1.807, 2.05) is 29.6 Å². The second-order valence-corrected chi connectivity index (χ2v) is 5.89. The summed E-state index contributed by atoms with van der Waals surface area (Å²) in [5, 5.41) is 16.0. The molecule has 0 spiro atoms. The Balaban J connectivity index is 1.79. The molecule has 19 heavy (non-hydrogen) atoms. The van der Waals surface area contributed by atoms with Crippen molar-refractivity contribution in [2.24, 2.45) is 0 Å². The number of hydrogen-bond donors (Lipinski definition) is 2. The van der Waals surface area contributed by atoms with Gasteiger partial charge in [-0.05, 0) is 12.1 Å². The smallest absolute Gasteiger partial charge is 0.148 e. The summed E-state index contributed by atoms with van der Waals surface area (Å²) in [4.78, 5) is 1.17. The minimum atomic E-state index is -0.429. The lowest BCUT2D eigenvalue weighted by Gasteiger charge is -2.24. The Morgan fingerprint density at radius 2 is 2.37 bits per heavy atom. The highest BCUT2D eigenvalue weighted by atomic mass is 35.5. The second kappa shape index (κ2) is 5.41. The van der Waals surface area contributed by atoms with E-state index in [-0.39, 0.29) is 0 Å². The van der Waals surface area contributed by atoms with Crippen molar-refractivity contribution < 1.29 is 9.84 Å². The number of nitrogens with one attached hydrogen (secondary N) is 1. The average molecular weight is 296 g/mol. The van der Waals surface area contributed by atoms with E-state index in [9.17, 15) is 5.11 Å². The second-order valence-electron chi connectivity index (χ2n) is 4.46. The van der Waals surface area contributed by atoms with Crippen LogP contribution in [0.15, 0.2) is 29.6 Å². The predicted molar refractivity (Wildman–Crippen MR) is 78.2 cm³/mol. The fraction of sp³-hybridized carbons (Fsp3) is 0.286. The van der Waals surface area contributed by atoms with Gasteiger partial charge in [0.1, 0.15) is 5.75 Å². The van der Waals surface area contributed by atoms with Crippen molar-refractivity contribution in [1.82, 2.24) is 0 Å². The average Bonchev–Trinajstić information content (AvgIpc) is 2.83. The number of anilines is 1. The lowest BCUT2D eigenvalue weighted by atomic mass is 10.0. The molecule has 3 nitrogen and oxygen atoms in total. The van der Waals surface area contributed by atoms with Crippen LogP contribution in [0.1, 0.15) is 23.0 Å². The number of halogens is 1. The largest absolute Gasteiger partial charge is 0.491 e. The fourth-order valence-electron chi connectivity index (χ4n) is 2.17. The number of ether oxygens (including phenoxy) is 1. The van der Waals surface area contributed by atoms with Crippen LogP contribution in [0.5, 0.6) is 5.75 Å². The van der Waals surface area contributed by atoms with Gasteiger partial charge in [-0.25, -0.2) is 0 Å². The van der Waals surface area contributed by atoms with Gasteiger partial charge >= 0.3 is 0 Å². The molecule has 0 fully saturated rings. The number of rotatable bonds is 3. The Morgan fingerprint density at radius 1 is 1.47 bits per heavy atom. The summed E-state index contributed by atoms with van der Waals surface area (Å²) < 4.78 is 5.67. The SMILES string of the molecule is O[C@@H]1CCOc2c(NCc3cc(Cl)cs3)cccc21. The fourth-order valence-corrected chi connectivity index (χ4v) is 3.19. The molecule has 2 aromatic rings. The molecule has 1 aromatic carbocycles. The van der Waals surface area contributed by atoms with Crippen LogP contribution in [0.2, 0.25) is 5.02 Å². The van der Waals surface area contributed by atoms with Crippen molar-refractivity contribution in [3.8, 4) is 5.75 Å². The van der Waals surface area contributed by atoms with Crippen molar-refractivity contribution in [1.29, 1.82) is 0 Å². The Morgan fingerprint density at radius 3 is 3.16 bits per heavy atom. The first-order valence-corrected chi connectivity index (χ1v) is 7.40. The van der Waals surface area contributed by atoms with E-state index in [0.29, 0.717) is 19.6 Å². The molecule has 100 valence electrons. The van der Waals surface area contributed by atoms with Crippen molar-refractivity contribution in [3.63, 3.8) is 0 Å². The Labute approximate surface area is 120 Å². The summed E-state index contributed by atoms with van der Waals surface area (Å²) in [5.41, 5.74) is 1.78. The van der Waals surface area contributed by atoms with Gasteiger partial charge in [-0.2, -0.15) is 0 Å². The van der Waals surface area contributed by atoms with E-state index in [2.05, 4.69) is 5.32 Å². The van der Waals surface area contributed by atoms with Crippen LogP contribution in [0, 0.1) is 0 Å². The maximum atomic E-state index is 9.95. The van der Waals surface area contributed by atoms with Crippen LogP contribution in [-0.4, -0.2) is 11.7 Å². The van der Waals surface area contributed by atoms with Crippen LogP contribution in [0.3, 0.4) is 0 Å². The summed E-state index contributed by atoms with van der Waals surface area (Å²) in [6.07, 6.45) is 0.221. The lowest BCUT2D eigenvalue weighted by Crippen LogP contribution is -2.15. The normalized spacial score (nSPS) is 17.7. The molecule has 2 N–H and O–H groups in total.